The minimum Gasteiger partial charge on any atom is -0.550 e. The van der Waals surface area contributed by atoms with E-state index < -0.39 is 24.0 Å². The van der Waals surface area contributed by atoms with Crippen LogP contribution in [-0.2, 0) is 20.9 Å². The average molecular weight is 546 g/mol. The predicted molar refractivity (Wildman–Crippen MR) is 138 cm³/mol. The van der Waals surface area contributed by atoms with Crippen LogP contribution in [0.15, 0.2) is 65.1 Å². The molecule has 3 amide bonds. The molecule has 3 rings (SSSR count). The molecule has 0 saturated carbocycles. The summed E-state index contributed by atoms with van der Waals surface area (Å²) in [5.74, 6) is -1.90. The van der Waals surface area contributed by atoms with Crippen molar-refractivity contribution >= 4 is 34.8 Å². The molecule has 3 N–H and O–H groups in total. The Labute approximate surface area is 249 Å². The first-order valence-electron chi connectivity index (χ1n) is 12.6. The Morgan fingerprint density at radius 2 is 1.59 bits per heavy atom. The van der Waals surface area contributed by atoms with Crippen LogP contribution in [0.3, 0.4) is 0 Å². The largest absolute Gasteiger partial charge is 1.00 e. The number of fused-ring (bicyclic) bond motifs is 1. The third kappa shape index (κ3) is 11.5. The van der Waals surface area contributed by atoms with E-state index in [2.05, 4.69) is 16.0 Å². The smallest absolute Gasteiger partial charge is 0.550 e. The van der Waals surface area contributed by atoms with Crippen molar-refractivity contribution in [1.29, 1.82) is 0 Å². The maximum absolute atomic E-state index is 12.8. The Kier molecular flexibility index (Phi) is 14.1. The molecule has 0 aliphatic rings. The van der Waals surface area contributed by atoms with Gasteiger partial charge < -0.3 is 35.0 Å². The van der Waals surface area contributed by atoms with E-state index in [9.17, 15) is 24.3 Å². The number of carboxylic acids is 1. The quantitative estimate of drug-likeness (QED) is 0.175. The number of ether oxygens (including phenoxy) is 1. The number of hydrogen-bond donors (Lipinski definition) is 3. The fraction of sp³-hybridized carbons (Fsp3) is 0.357. The molecule has 0 radical (unpaired) electrons. The van der Waals surface area contributed by atoms with Gasteiger partial charge in [0.25, 0.3) is 5.91 Å². The third-order valence-electron chi connectivity index (χ3n) is 5.78. The molecule has 2 aromatic carbocycles. The summed E-state index contributed by atoms with van der Waals surface area (Å²) < 4.78 is 10.8. The number of nitrogens with one attached hydrogen (secondary N) is 3. The molecule has 1 atom stereocenters. The summed E-state index contributed by atoms with van der Waals surface area (Å²) in [5.41, 5.74) is 1.43. The molecule has 0 fully saturated rings. The van der Waals surface area contributed by atoms with Crippen molar-refractivity contribution in [3.05, 3.63) is 72.0 Å². The fourth-order valence-electron chi connectivity index (χ4n) is 3.77. The number of para-hydroxylation sites is 1. The number of amides is 3. The van der Waals surface area contributed by atoms with Crippen LogP contribution >= 0.6 is 0 Å². The van der Waals surface area contributed by atoms with Crippen LogP contribution in [0.2, 0.25) is 0 Å². The number of rotatable bonds is 15. The van der Waals surface area contributed by atoms with Crippen molar-refractivity contribution in [2.45, 2.75) is 51.2 Å². The van der Waals surface area contributed by atoms with E-state index in [0.717, 1.165) is 10.9 Å². The SMILES string of the molecule is O=C([O-])CCCCCNC(=O)[C@H](CCCNC(=O)OCc1ccccc1)NC(=O)c1cc2ccccc2o1.[Na+]. The van der Waals surface area contributed by atoms with Crippen LogP contribution in [0.4, 0.5) is 4.79 Å². The maximum atomic E-state index is 12.8. The molecule has 202 valence electrons. The minimum atomic E-state index is -1.10. The van der Waals surface area contributed by atoms with Gasteiger partial charge in [0.2, 0.25) is 5.91 Å². The van der Waals surface area contributed by atoms with E-state index in [4.69, 9.17) is 9.15 Å². The number of unbranched alkanes of at least 4 members (excludes halogenated alkanes) is 2. The average Bonchev–Trinajstić information content (AvgIpc) is 3.36. The van der Waals surface area contributed by atoms with Crippen molar-refractivity contribution < 1.29 is 63.0 Å². The maximum Gasteiger partial charge on any atom is 1.00 e. The van der Waals surface area contributed by atoms with Crippen molar-refractivity contribution in [2.24, 2.45) is 0 Å². The Morgan fingerprint density at radius 1 is 0.872 bits per heavy atom. The summed E-state index contributed by atoms with van der Waals surface area (Å²) >= 11 is 0. The van der Waals surface area contributed by atoms with Gasteiger partial charge in [-0.25, -0.2) is 4.79 Å². The number of carbonyl (C=O) groups excluding carboxylic acids is 4. The van der Waals surface area contributed by atoms with Crippen molar-refractivity contribution in [3.8, 4) is 0 Å². The fourth-order valence-corrected chi connectivity index (χ4v) is 3.77. The van der Waals surface area contributed by atoms with Gasteiger partial charge in [-0.3, -0.25) is 9.59 Å². The molecule has 0 unspecified atom stereocenters. The summed E-state index contributed by atoms with van der Waals surface area (Å²) in [6.45, 7) is 0.738. The van der Waals surface area contributed by atoms with E-state index in [-0.39, 0.29) is 67.2 Å². The Bertz CT molecular complexity index is 1180. The Morgan fingerprint density at radius 3 is 2.33 bits per heavy atom. The van der Waals surface area contributed by atoms with Crippen LogP contribution in [0.25, 0.3) is 11.0 Å². The molecule has 39 heavy (non-hydrogen) atoms. The number of hydrogen-bond acceptors (Lipinski definition) is 7. The second-order valence-corrected chi connectivity index (χ2v) is 8.78. The first-order chi connectivity index (χ1) is 18.4. The number of alkyl carbamates (subject to hydrolysis) is 1. The number of furan rings is 1. The molecule has 1 heterocycles. The molecule has 0 spiro atoms. The molecule has 0 saturated heterocycles. The first kappa shape index (κ1) is 31.9. The standard InChI is InChI=1S/C28H33N3O7.Na/c32-25(33)15-5-2-8-16-29-26(34)22(31-27(35)24-18-21-12-6-7-14-23(21)38-24)13-9-17-30-28(36)37-19-20-10-3-1-4-11-20;/h1,3-4,6-7,10-12,14,18,22H,2,5,8-9,13,15-17,19H2,(H,29,34)(H,30,36)(H,31,35)(H,32,33);/q;+1/p-1/t22-;/m0./s1. The van der Waals surface area contributed by atoms with Gasteiger partial charge in [0.05, 0.1) is 0 Å². The summed E-state index contributed by atoms with van der Waals surface area (Å²) in [4.78, 5) is 48.2. The van der Waals surface area contributed by atoms with E-state index >= 15 is 0 Å². The summed E-state index contributed by atoms with van der Waals surface area (Å²) in [6.07, 6.45) is 1.77. The zero-order valence-corrected chi connectivity index (χ0v) is 24.1. The van der Waals surface area contributed by atoms with Gasteiger partial charge in [0, 0.05) is 24.4 Å². The molecule has 3 aromatic rings. The number of benzene rings is 2. The van der Waals surface area contributed by atoms with Crippen LogP contribution in [0, 0.1) is 0 Å². The summed E-state index contributed by atoms with van der Waals surface area (Å²) in [6, 6.07) is 17.2. The predicted octanol–water partition coefficient (Wildman–Crippen LogP) is -0.332. The number of aliphatic carboxylic acids is 1. The number of carbonyl (C=O) groups is 4. The second-order valence-electron chi connectivity index (χ2n) is 8.78. The van der Waals surface area contributed by atoms with E-state index in [1.54, 1.807) is 18.2 Å². The molecule has 0 bridgehead atoms. The molecule has 1 aromatic heterocycles. The van der Waals surface area contributed by atoms with Crippen LogP contribution < -0.4 is 50.6 Å². The van der Waals surface area contributed by atoms with Gasteiger partial charge in [0.1, 0.15) is 18.2 Å². The van der Waals surface area contributed by atoms with Crippen LogP contribution in [0.5, 0.6) is 0 Å². The van der Waals surface area contributed by atoms with Gasteiger partial charge in [0.15, 0.2) is 5.76 Å². The number of carboxylic acid groups (broad SMARTS) is 1. The van der Waals surface area contributed by atoms with Gasteiger partial charge in [-0.2, -0.15) is 0 Å². The second kappa shape index (κ2) is 17.3. The first-order valence-corrected chi connectivity index (χ1v) is 12.6. The molecular formula is C28H32N3NaO7. The molecular weight excluding hydrogens is 513 g/mol. The normalized spacial score (nSPS) is 11.2. The zero-order chi connectivity index (χ0) is 27.2. The van der Waals surface area contributed by atoms with Gasteiger partial charge in [-0.05, 0) is 49.8 Å². The molecule has 0 aliphatic heterocycles. The summed E-state index contributed by atoms with van der Waals surface area (Å²) in [7, 11) is 0. The van der Waals surface area contributed by atoms with Crippen molar-refractivity contribution in [1.82, 2.24) is 16.0 Å². The van der Waals surface area contributed by atoms with Gasteiger partial charge in [-0.1, -0.05) is 55.0 Å². The molecule has 11 heteroatoms. The molecule has 0 aliphatic carbocycles. The van der Waals surface area contributed by atoms with E-state index in [0.29, 0.717) is 37.8 Å². The van der Waals surface area contributed by atoms with Gasteiger partial charge >= 0.3 is 35.7 Å². The topological polar surface area (TPSA) is 150 Å². The van der Waals surface area contributed by atoms with E-state index in [1.807, 2.05) is 42.5 Å². The third-order valence-corrected chi connectivity index (χ3v) is 5.78. The Balaban J connectivity index is 0.00000533. The Hall–Kier alpha value is -3.34. The minimum absolute atomic E-state index is 0. The zero-order valence-electron chi connectivity index (χ0n) is 22.1. The van der Waals surface area contributed by atoms with Crippen molar-refractivity contribution in [3.63, 3.8) is 0 Å². The summed E-state index contributed by atoms with van der Waals surface area (Å²) in [5, 5.41) is 19.4. The van der Waals surface area contributed by atoms with Crippen molar-refractivity contribution in [2.75, 3.05) is 13.1 Å². The molecule has 10 nitrogen and oxygen atoms in total. The van der Waals surface area contributed by atoms with E-state index in [1.165, 1.54) is 0 Å². The van der Waals surface area contributed by atoms with Crippen LogP contribution in [0.1, 0.15) is 54.6 Å². The van der Waals surface area contributed by atoms with Crippen LogP contribution in [-0.4, -0.2) is 43.0 Å². The monoisotopic (exact) mass is 545 g/mol. The van der Waals surface area contributed by atoms with Gasteiger partial charge in [-0.15, -0.1) is 0 Å².